The van der Waals surface area contributed by atoms with Crippen LogP contribution in [0, 0.1) is 0 Å². The Morgan fingerprint density at radius 1 is 1.39 bits per heavy atom. The summed E-state index contributed by atoms with van der Waals surface area (Å²) in [4.78, 5) is 14.7. The second kappa shape index (κ2) is 5.68. The Hall–Kier alpha value is -1.82. The van der Waals surface area contributed by atoms with Crippen LogP contribution in [0.5, 0.6) is 0 Å². The first-order valence-electron chi connectivity index (χ1n) is 5.55. The van der Waals surface area contributed by atoms with Gasteiger partial charge in [-0.2, -0.15) is 0 Å². The Bertz CT molecular complexity index is 537. The molecule has 0 aliphatic heterocycles. The van der Waals surface area contributed by atoms with Crippen LogP contribution < -0.4 is 0 Å². The van der Waals surface area contributed by atoms with Crippen LogP contribution in [0.15, 0.2) is 29.4 Å². The summed E-state index contributed by atoms with van der Waals surface area (Å²) in [6.45, 7) is 2.10. The van der Waals surface area contributed by atoms with Crippen molar-refractivity contribution in [2.24, 2.45) is 0 Å². The van der Waals surface area contributed by atoms with Gasteiger partial charge in [-0.25, -0.2) is 4.98 Å². The quantitative estimate of drug-likeness (QED) is 0.808. The summed E-state index contributed by atoms with van der Waals surface area (Å²) in [6, 6.07) is 8.04. The first-order valence-corrected chi connectivity index (χ1v) is 6.54. The van der Waals surface area contributed by atoms with Crippen molar-refractivity contribution in [1.82, 2.24) is 15.2 Å². The number of nitrogens with zero attached hydrogens (tertiary/aromatic N) is 2. The number of carboxylic acids is 1. The zero-order valence-electron chi connectivity index (χ0n) is 9.88. The average molecular weight is 263 g/mol. The molecule has 6 heteroatoms. The molecule has 5 nitrogen and oxygen atoms in total. The third-order valence-electron chi connectivity index (χ3n) is 2.43. The predicted molar refractivity (Wildman–Crippen MR) is 69.6 cm³/mol. The number of hydrogen-bond acceptors (Lipinski definition) is 4. The summed E-state index contributed by atoms with van der Waals surface area (Å²) in [5.74, 6) is -0.254. The van der Waals surface area contributed by atoms with E-state index in [0.29, 0.717) is 11.0 Å². The fraction of sp³-hybridized carbons (Fsp3) is 0.250. The molecule has 94 valence electrons. The zero-order valence-corrected chi connectivity index (χ0v) is 10.7. The summed E-state index contributed by atoms with van der Waals surface area (Å²) in [6.07, 6.45) is 0.996. The third kappa shape index (κ3) is 3.10. The van der Waals surface area contributed by atoms with Crippen LogP contribution in [0.4, 0.5) is 0 Å². The molecule has 0 spiro atoms. The van der Waals surface area contributed by atoms with Crippen LogP contribution in [0.3, 0.4) is 0 Å². The lowest BCUT2D eigenvalue weighted by Crippen LogP contribution is -1.97. The van der Waals surface area contributed by atoms with Crippen molar-refractivity contribution in [1.29, 1.82) is 0 Å². The van der Waals surface area contributed by atoms with E-state index in [4.69, 9.17) is 5.11 Å². The highest BCUT2D eigenvalue weighted by Gasteiger charge is 2.07. The van der Waals surface area contributed by atoms with Crippen LogP contribution in [0.25, 0.3) is 11.4 Å². The van der Waals surface area contributed by atoms with Gasteiger partial charge in [-0.05, 0) is 12.0 Å². The first kappa shape index (κ1) is 12.6. The van der Waals surface area contributed by atoms with E-state index in [1.54, 1.807) is 0 Å². The van der Waals surface area contributed by atoms with Gasteiger partial charge in [0.2, 0.25) is 5.16 Å². The van der Waals surface area contributed by atoms with Gasteiger partial charge in [-0.3, -0.25) is 9.89 Å². The number of hydrogen-bond donors (Lipinski definition) is 2. The average Bonchev–Trinajstić information content (AvgIpc) is 2.85. The van der Waals surface area contributed by atoms with Crippen LogP contribution >= 0.6 is 11.8 Å². The lowest BCUT2D eigenvalue weighted by atomic mass is 10.1. The van der Waals surface area contributed by atoms with Gasteiger partial charge >= 0.3 is 5.97 Å². The first-order chi connectivity index (χ1) is 8.69. The van der Waals surface area contributed by atoms with Gasteiger partial charge in [0.15, 0.2) is 5.82 Å². The number of benzene rings is 1. The Kier molecular flexibility index (Phi) is 3.99. The smallest absolute Gasteiger partial charge is 0.313 e. The van der Waals surface area contributed by atoms with Crippen LogP contribution in [-0.2, 0) is 11.2 Å². The predicted octanol–water partition coefficient (Wildman–Crippen LogP) is 2.21. The lowest BCUT2D eigenvalue weighted by Gasteiger charge is -1.98. The molecule has 0 unspecified atom stereocenters. The number of thioether (sulfide) groups is 1. The standard InChI is InChI=1S/C12H13N3O2S/c1-2-8-3-5-9(6-4-8)11-13-12(15-14-11)18-7-10(16)17/h3-6H,2,7H2,1H3,(H,16,17)(H,13,14,15). The molecular formula is C12H13N3O2S. The van der Waals surface area contributed by atoms with Gasteiger partial charge in [-0.1, -0.05) is 43.0 Å². The highest BCUT2D eigenvalue weighted by molar-refractivity contribution is 7.99. The van der Waals surface area contributed by atoms with Crippen molar-refractivity contribution in [2.75, 3.05) is 5.75 Å². The minimum absolute atomic E-state index is 0.0356. The molecule has 18 heavy (non-hydrogen) atoms. The van der Waals surface area contributed by atoms with E-state index in [0.717, 1.165) is 23.7 Å². The van der Waals surface area contributed by atoms with Crippen LogP contribution in [0.2, 0.25) is 0 Å². The van der Waals surface area contributed by atoms with Gasteiger partial charge in [-0.15, -0.1) is 5.10 Å². The highest BCUT2D eigenvalue weighted by Crippen LogP contribution is 2.19. The van der Waals surface area contributed by atoms with E-state index >= 15 is 0 Å². The van der Waals surface area contributed by atoms with Crippen molar-refractivity contribution < 1.29 is 9.90 Å². The topological polar surface area (TPSA) is 78.9 Å². The molecule has 0 bridgehead atoms. The molecule has 0 fully saturated rings. The molecule has 0 saturated carbocycles. The summed E-state index contributed by atoms with van der Waals surface area (Å²) >= 11 is 1.10. The third-order valence-corrected chi connectivity index (χ3v) is 3.26. The van der Waals surface area contributed by atoms with Crippen LogP contribution in [0.1, 0.15) is 12.5 Å². The molecule has 1 aromatic heterocycles. The van der Waals surface area contributed by atoms with E-state index in [1.807, 2.05) is 24.3 Å². The monoisotopic (exact) mass is 263 g/mol. The molecule has 0 aliphatic rings. The maximum Gasteiger partial charge on any atom is 0.313 e. The maximum absolute atomic E-state index is 10.4. The summed E-state index contributed by atoms with van der Waals surface area (Å²) < 4.78 is 0. The Labute approximate surface area is 109 Å². The molecular weight excluding hydrogens is 250 g/mol. The molecule has 0 atom stereocenters. The molecule has 1 aromatic carbocycles. The van der Waals surface area contributed by atoms with Gasteiger partial charge in [0, 0.05) is 5.56 Å². The Morgan fingerprint density at radius 2 is 2.11 bits per heavy atom. The van der Waals surface area contributed by atoms with Crippen molar-refractivity contribution in [3.8, 4) is 11.4 Å². The minimum atomic E-state index is -0.876. The summed E-state index contributed by atoms with van der Waals surface area (Å²) in [7, 11) is 0. The van der Waals surface area contributed by atoms with Gasteiger partial charge in [0.05, 0.1) is 5.75 Å². The van der Waals surface area contributed by atoms with Gasteiger partial charge < -0.3 is 5.11 Å². The van der Waals surface area contributed by atoms with Crippen molar-refractivity contribution in [3.63, 3.8) is 0 Å². The molecule has 2 rings (SSSR count). The SMILES string of the molecule is CCc1ccc(-c2nc(SCC(=O)O)n[nH]2)cc1. The largest absolute Gasteiger partial charge is 0.481 e. The Morgan fingerprint density at radius 3 is 2.72 bits per heavy atom. The van der Waals surface area contributed by atoms with E-state index < -0.39 is 5.97 Å². The van der Waals surface area contributed by atoms with E-state index in [9.17, 15) is 4.79 Å². The number of H-pyrrole nitrogens is 1. The maximum atomic E-state index is 10.4. The molecule has 1 heterocycles. The van der Waals surface area contributed by atoms with Gasteiger partial charge in [0.1, 0.15) is 0 Å². The second-order valence-electron chi connectivity index (χ2n) is 3.70. The molecule has 0 radical (unpaired) electrons. The molecule has 2 aromatic rings. The molecule has 0 amide bonds. The van der Waals surface area contributed by atoms with Crippen molar-refractivity contribution >= 4 is 17.7 Å². The molecule has 0 saturated heterocycles. The number of carboxylic acid groups (broad SMARTS) is 1. The number of nitrogens with one attached hydrogen (secondary N) is 1. The van der Waals surface area contributed by atoms with Gasteiger partial charge in [0.25, 0.3) is 0 Å². The number of aliphatic carboxylic acids is 1. The summed E-state index contributed by atoms with van der Waals surface area (Å²) in [5, 5.41) is 15.8. The fourth-order valence-corrected chi connectivity index (χ4v) is 1.98. The fourth-order valence-electron chi connectivity index (χ4n) is 1.46. The van der Waals surface area contributed by atoms with E-state index in [2.05, 4.69) is 22.1 Å². The number of aryl methyl sites for hydroxylation is 1. The van der Waals surface area contributed by atoms with Crippen molar-refractivity contribution in [3.05, 3.63) is 29.8 Å². The highest BCUT2D eigenvalue weighted by atomic mass is 32.2. The number of carbonyl (C=O) groups is 1. The normalized spacial score (nSPS) is 10.5. The number of rotatable bonds is 5. The zero-order chi connectivity index (χ0) is 13.0. The van der Waals surface area contributed by atoms with Crippen LogP contribution in [-0.4, -0.2) is 32.0 Å². The van der Waals surface area contributed by atoms with Crippen molar-refractivity contribution in [2.45, 2.75) is 18.5 Å². The molecule has 0 aliphatic carbocycles. The number of aromatic nitrogens is 3. The minimum Gasteiger partial charge on any atom is -0.481 e. The summed E-state index contributed by atoms with van der Waals surface area (Å²) in [5.41, 5.74) is 2.21. The lowest BCUT2D eigenvalue weighted by molar-refractivity contribution is -0.133. The van der Waals surface area contributed by atoms with E-state index in [-0.39, 0.29) is 5.75 Å². The van der Waals surface area contributed by atoms with E-state index in [1.165, 1.54) is 5.56 Å². The number of aromatic amines is 1. The second-order valence-corrected chi connectivity index (χ2v) is 4.64. The Balaban J connectivity index is 2.10. The molecule has 2 N–H and O–H groups in total.